The molecule has 1 saturated heterocycles. The predicted molar refractivity (Wildman–Crippen MR) is 75.1 cm³/mol. The fraction of sp³-hybridized carbons (Fsp3) is 0.571. The maximum absolute atomic E-state index is 10.4. The molecule has 2 rings (SSSR count). The van der Waals surface area contributed by atoms with Crippen LogP contribution in [0.25, 0.3) is 0 Å². The second kappa shape index (κ2) is 6.02. The summed E-state index contributed by atoms with van der Waals surface area (Å²) in [5, 5.41) is 11.1. The molecule has 100 valence electrons. The van der Waals surface area contributed by atoms with Gasteiger partial charge in [-0.05, 0) is 38.2 Å². The van der Waals surface area contributed by atoms with Gasteiger partial charge < -0.3 is 10.0 Å². The summed E-state index contributed by atoms with van der Waals surface area (Å²) in [4.78, 5) is 4.52. The third kappa shape index (κ3) is 3.45. The molecule has 2 unspecified atom stereocenters. The fourth-order valence-electron chi connectivity index (χ4n) is 2.46. The van der Waals surface area contributed by atoms with E-state index in [1.807, 2.05) is 24.3 Å². The SMILES string of the molecule is CN1CCN(C)C(C(O)Cc2ccc(Cl)cc2)C1. The third-order valence-corrected chi connectivity index (χ3v) is 3.95. The minimum absolute atomic E-state index is 0.208. The van der Waals surface area contributed by atoms with Crippen LogP contribution in [-0.2, 0) is 6.42 Å². The zero-order valence-corrected chi connectivity index (χ0v) is 11.8. The van der Waals surface area contributed by atoms with Gasteiger partial charge in [0.05, 0.1) is 6.10 Å². The highest BCUT2D eigenvalue weighted by Gasteiger charge is 2.28. The molecule has 1 fully saturated rings. The van der Waals surface area contributed by atoms with Crippen LogP contribution >= 0.6 is 11.6 Å². The molecule has 1 aromatic rings. The molecule has 0 spiro atoms. The molecule has 1 aromatic carbocycles. The summed E-state index contributed by atoms with van der Waals surface area (Å²) in [5.74, 6) is 0. The summed E-state index contributed by atoms with van der Waals surface area (Å²) in [6.45, 7) is 3.00. The highest BCUT2D eigenvalue weighted by atomic mass is 35.5. The zero-order chi connectivity index (χ0) is 13.1. The van der Waals surface area contributed by atoms with E-state index < -0.39 is 0 Å². The van der Waals surface area contributed by atoms with E-state index in [2.05, 4.69) is 23.9 Å². The second-order valence-corrected chi connectivity index (χ2v) is 5.64. The summed E-state index contributed by atoms with van der Waals surface area (Å²) < 4.78 is 0. The lowest BCUT2D eigenvalue weighted by atomic mass is 9.99. The number of piperazine rings is 1. The Bertz CT molecular complexity index is 382. The van der Waals surface area contributed by atoms with E-state index in [0.717, 1.165) is 30.2 Å². The van der Waals surface area contributed by atoms with Crippen molar-refractivity contribution in [2.24, 2.45) is 0 Å². The maximum Gasteiger partial charge on any atom is 0.0747 e. The number of likely N-dealkylation sites (N-methyl/N-ethyl adjacent to an activating group) is 2. The van der Waals surface area contributed by atoms with Crippen molar-refractivity contribution in [1.29, 1.82) is 0 Å². The van der Waals surface area contributed by atoms with Crippen molar-refractivity contribution in [3.63, 3.8) is 0 Å². The Labute approximate surface area is 114 Å². The highest BCUT2D eigenvalue weighted by molar-refractivity contribution is 6.30. The van der Waals surface area contributed by atoms with Crippen molar-refractivity contribution in [2.75, 3.05) is 33.7 Å². The quantitative estimate of drug-likeness (QED) is 0.900. The van der Waals surface area contributed by atoms with Crippen molar-refractivity contribution < 1.29 is 5.11 Å². The monoisotopic (exact) mass is 268 g/mol. The van der Waals surface area contributed by atoms with Crippen LogP contribution in [0.5, 0.6) is 0 Å². The molecule has 1 aliphatic heterocycles. The van der Waals surface area contributed by atoms with Gasteiger partial charge in [0, 0.05) is 30.7 Å². The molecule has 1 heterocycles. The van der Waals surface area contributed by atoms with E-state index in [9.17, 15) is 5.11 Å². The van der Waals surface area contributed by atoms with E-state index >= 15 is 0 Å². The molecule has 1 aliphatic rings. The number of aliphatic hydroxyl groups is 1. The van der Waals surface area contributed by atoms with Crippen LogP contribution in [-0.4, -0.2) is 60.8 Å². The number of benzene rings is 1. The molecule has 0 radical (unpaired) electrons. The molecule has 0 bridgehead atoms. The highest BCUT2D eigenvalue weighted by Crippen LogP contribution is 2.16. The minimum atomic E-state index is -0.334. The van der Waals surface area contributed by atoms with Gasteiger partial charge in [0.2, 0.25) is 0 Å². The van der Waals surface area contributed by atoms with Crippen LogP contribution < -0.4 is 0 Å². The van der Waals surface area contributed by atoms with Gasteiger partial charge in [-0.25, -0.2) is 0 Å². The van der Waals surface area contributed by atoms with Crippen LogP contribution in [0.15, 0.2) is 24.3 Å². The first-order chi connectivity index (χ1) is 8.56. The molecule has 0 aromatic heterocycles. The summed E-state index contributed by atoms with van der Waals surface area (Å²) in [6.07, 6.45) is 0.346. The Morgan fingerprint density at radius 1 is 1.28 bits per heavy atom. The molecular weight excluding hydrogens is 248 g/mol. The van der Waals surface area contributed by atoms with Crippen molar-refractivity contribution >= 4 is 11.6 Å². The number of hydrogen-bond donors (Lipinski definition) is 1. The van der Waals surface area contributed by atoms with Crippen LogP contribution in [0.4, 0.5) is 0 Å². The van der Waals surface area contributed by atoms with Crippen LogP contribution in [0.1, 0.15) is 5.56 Å². The molecule has 3 nitrogen and oxygen atoms in total. The molecule has 0 saturated carbocycles. The molecule has 2 atom stereocenters. The largest absolute Gasteiger partial charge is 0.391 e. The molecule has 4 heteroatoms. The first-order valence-corrected chi connectivity index (χ1v) is 6.75. The molecular formula is C14H21ClN2O. The maximum atomic E-state index is 10.4. The lowest BCUT2D eigenvalue weighted by molar-refractivity contribution is 0.0153. The van der Waals surface area contributed by atoms with Crippen molar-refractivity contribution in [3.8, 4) is 0 Å². The lowest BCUT2D eigenvalue weighted by Crippen LogP contribution is -2.55. The van der Waals surface area contributed by atoms with Gasteiger partial charge in [-0.15, -0.1) is 0 Å². The number of hydrogen-bond acceptors (Lipinski definition) is 3. The average Bonchev–Trinajstić information content (AvgIpc) is 2.35. The zero-order valence-electron chi connectivity index (χ0n) is 11.0. The van der Waals surface area contributed by atoms with Crippen LogP contribution in [0.2, 0.25) is 5.02 Å². The Kier molecular flexibility index (Phi) is 4.62. The van der Waals surface area contributed by atoms with Gasteiger partial charge in [0.15, 0.2) is 0 Å². The van der Waals surface area contributed by atoms with E-state index in [1.54, 1.807) is 0 Å². The summed E-state index contributed by atoms with van der Waals surface area (Å²) in [6, 6.07) is 7.93. The third-order valence-electron chi connectivity index (χ3n) is 3.70. The van der Waals surface area contributed by atoms with Crippen molar-refractivity contribution in [3.05, 3.63) is 34.9 Å². The predicted octanol–water partition coefficient (Wildman–Crippen LogP) is 1.49. The summed E-state index contributed by atoms with van der Waals surface area (Å²) in [5.41, 5.74) is 1.13. The molecule has 1 N–H and O–H groups in total. The van der Waals surface area contributed by atoms with E-state index in [0.29, 0.717) is 6.42 Å². The Morgan fingerprint density at radius 3 is 2.61 bits per heavy atom. The second-order valence-electron chi connectivity index (χ2n) is 5.21. The van der Waals surface area contributed by atoms with E-state index in [1.165, 1.54) is 0 Å². The standard InChI is InChI=1S/C14H21ClN2O/c1-16-7-8-17(2)13(10-16)14(18)9-11-3-5-12(15)6-4-11/h3-6,13-14,18H,7-10H2,1-2H3. The van der Waals surface area contributed by atoms with Gasteiger partial charge >= 0.3 is 0 Å². The molecule has 18 heavy (non-hydrogen) atoms. The number of nitrogens with zero attached hydrogens (tertiary/aromatic N) is 2. The van der Waals surface area contributed by atoms with Gasteiger partial charge in [0.1, 0.15) is 0 Å². The van der Waals surface area contributed by atoms with E-state index in [-0.39, 0.29) is 12.1 Å². The minimum Gasteiger partial charge on any atom is -0.391 e. The van der Waals surface area contributed by atoms with E-state index in [4.69, 9.17) is 11.6 Å². The summed E-state index contributed by atoms with van der Waals surface area (Å²) >= 11 is 5.86. The first kappa shape index (κ1) is 13.8. The van der Waals surface area contributed by atoms with Crippen LogP contribution in [0.3, 0.4) is 0 Å². The summed E-state index contributed by atoms with van der Waals surface area (Å²) in [7, 11) is 4.19. The van der Waals surface area contributed by atoms with Gasteiger partial charge in [-0.3, -0.25) is 4.90 Å². The smallest absolute Gasteiger partial charge is 0.0747 e. The number of rotatable bonds is 3. The average molecular weight is 269 g/mol. The van der Waals surface area contributed by atoms with Gasteiger partial charge in [-0.1, -0.05) is 23.7 Å². The lowest BCUT2D eigenvalue weighted by Gasteiger charge is -2.40. The number of halogens is 1. The topological polar surface area (TPSA) is 26.7 Å². The van der Waals surface area contributed by atoms with Crippen molar-refractivity contribution in [1.82, 2.24) is 9.80 Å². The Balaban J connectivity index is 1.98. The molecule has 0 aliphatic carbocycles. The first-order valence-electron chi connectivity index (χ1n) is 6.37. The van der Waals surface area contributed by atoms with Gasteiger partial charge in [0.25, 0.3) is 0 Å². The number of aliphatic hydroxyl groups excluding tert-OH is 1. The van der Waals surface area contributed by atoms with Crippen LogP contribution in [0, 0.1) is 0 Å². The van der Waals surface area contributed by atoms with Gasteiger partial charge in [-0.2, -0.15) is 0 Å². The molecule has 0 amide bonds. The normalized spacial score (nSPS) is 24.1. The van der Waals surface area contributed by atoms with Crippen molar-refractivity contribution in [2.45, 2.75) is 18.6 Å². The Morgan fingerprint density at radius 2 is 1.94 bits per heavy atom. The fourth-order valence-corrected chi connectivity index (χ4v) is 2.58. The Hall–Kier alpha value is -0.610.